The molecule has 0 saturated heterocycles. The van der Waals surface area contributed by atoms with Crippen LogP contribution in [0.3, 0.4) is 0 Å². The molecule has 0 fully saturated rings. The van der Waals surface area contributed by atoms with Crippen molar-refractivity contribution < 1.29 is 14.3 Å². The Kier molecular flexibility index (Phi) is 6.59. The largest absolute Gasteiger partial charge is 0.497 e. The molecule has 0 bridgehead atoms. The molecule has 0 unspecified atom stereocenters. The highest BCUT2D eigenvalue weighted by Gasteiger charge is 2.15. The molecule has 2 aromatic carbocycles. The van der Waals surface area contributed by atoms with Gasteiger partial charge in [-0.3, -0.25) is 14.4 Å². The van der Waals surface area contributed by atoms with Gasteiger partial charge in [-0.1, -0.05) is 18.2 Å². The third-order valence-corrected chi connectivity index (χ3v) is 4.37. The van der Waals surface area contributed by atoms with Crippen LogP contribution in [0.4, 0.5) is 0 Å². The van der Waals surface area contributed by atoms with Crippen molar-refractivity contribution in [2.45, 2.75) is 6.92 Å². The number of aromatic nitrogens is 2. The van der Waals surface area contributed by atoms with Gasteiger partial charge in [-0.15, -0.1) is 0 Å². The van der Waals surface area contributed by atoms with Gasteiger partial charge in [0.2, 0.25) is 5.43 Å². The number of benzene rings is 2. The smallest absolute Gasteiger partial charge is 0.275 e. The van der Waals surface area contributed by atoms with Gasteiger partial charge in [-0.25, -0.2) is 4.68 Å². The second-order valence-corrected chi connectivity index (χ2v) is 6.49. The summed E-state index contributed by atoms with van der Waals surface area (Å²) in [5.41, 5.74) is 1.18. The Morgan fingerprint density at radius 2 is 1.60 bits per heavy atom. The molecule has 2 amide bonds. The molecule has 1 aromatic heterocycles. The lowest BCUT2D eigenvalue weighted by atomic mass is 10.2. The van der Waals surface area contributed by atoms with E-state index < -0.39 is 11.3 Å². The van der Waals surface area contributed by atoms with Gasteiger partial charge in [0.15, 0.2) is 5.69 Å². The Balaban J connectivity index is 1.59. The molecule has 3 rings (SSSR count). The lowest BCUT2D eigenvalue weighted by Gasteiger charge is -2.11. The lowest BCUT2D eigenvalue weighted by molar-refractivity contribution is 0.0923. The van der Waals surface area contributed by atoms with Crippen molar-refractivity contribution >= 4 is 11.8 Å². The molecule has 0 aliphatic heterocycles. The fourth-order valence-corrected chi connectivity index (χ4v) is 2.82. The summed E-state index contributed by atoms with van der Waals surface area (Å²) in [5, 5.41) is 9.53. The number of hydrogen-bond acceptors (Lipinski definition) is 5. The molecular weight excluding hydrogens is 384 g/mol. The lowest BCUT2D eigenvalue weighted by Crippen LogP contribution is -2.37. The van der Waals surface area contributed by atoms with Crippen LogP contribution in [0.5, 0.6) is 5.75 Å². The van der Waals surface area contributed by atoms with Gasteiger partial charge in [-0.2, -0.15) is 5.10 Å². The first-order valence-electron chi connectivity index (χ1n) is 9.36. The molecule has 8 heteroatoms. The van der Waals surface area contributed by atoms with Crippen LogP contribution in [0.15, 0.2) is 65.5 Å². The van der Waals surface area contributed by atoms with Crippen molar-refractivity contribution in [2.24, 2.45) is 0 Å². The van der Waals surface area contributed by atoms with E-state index in [-0.39, 0.29) is 24.7 Å². The highest BCUT2D eigenvalue weighted by molar-refractivity contribution is 5.94. The van der Waals surface area contributed by atoms with Crippen LogP contribution in [-0.4, -0.2) is 41.8 Å². The van der Waals surface area contributed by atoms with Gasteiger partial charge in [0.25, 0.3) is 11.8 Å². The van der Waals surface area contributed by atoms with Gasteiger partial charge in [-0.05, 0) is 43.3 Å². The fraction of sp³-hybridized carbons (Fsp3) is 0.182. The first kappa shape index (κ1) is 20.8. The summed E-state index contributed by atoms with van der Waals surface area (Å²) in [4.78, 5) is 36.8. The van der Waals surface area contributed by atoms with E-state index in [9.17, 15) is 14.4 Å². The van der Waals surface area contributed by atoms with E-state index in [1.54, 1.807) is 43.0 Å². The minimum atomic E-state index is -0.594. The molecule has 0 atom stereocenters. The van der Waals surface area contributed by atoms with Crippen LogP contribution < -0.4 is 20.8 Å². The molecule has 3 aromatic rings. The first-order chi connectivity index (χ1) is 14.5. The summed E-state index contributed by atoms with van der Waals surface area (Å²) in [6.45, 7) is 2.11. The van der Waals surface area contributed by atoms with Crippen molar-refractivity contribution in [1.29, 1.82) is 0 Å². The van der Waals surface area contributed by atoms with Gasteiger partial charge < -0.3 is 15.4 Å². The Labute approximate surface area is 173 Å². The number of hydrogen-bond donors (Lipinski definition) is 2. The summed E-state index contributed by atoms with van der Waals surface area (Å²) in [5.74, 6) is -0.208. The van der Waals surface area contributed by atoms with E-state index in [1.165, 1.54) is 6.07 Å². The zero-order chi connectivity index (χ0) is 21.5. The topological polar surface area (TPSA) is 102 Å². The van der Waals surface area contributed by atoms with Crippen molar-refractivity contribution in [1.82, 2.24) is 20.4 Å². The Morgan fingerprint density at radius 1 is 0.967 bits per heavy atom. The summed E-state index contributed by atoms with van der Waals surface area (Å²) in [6, 6.07) is 17.3. The number of amides is 2. The van der Waals surface area contributed by atoms with E-state index in [2.05, 4.69) is 15.7 Å². The number of aryl methyl sites for hydroxylation is 1. The molecule has 154 valence electrons. The SMILES string of the molecule is COc1ccc(C(=O)NCCNC(=O)c2nn(-c3ccccc3)c(C)cc2=O)cc1. The predicted molar refractivity (Wildman–Crippen MR) is 112 cm³/mol. The number of nitrogens with one attached hydrogen (secondary N) is 2. The number of para-hydroxylation sites is 1. The second kappa shape index (κ2) is 9.51. The van der Waals surface area contributed by atoms with Gasteiger partial charge in [0.05, 0.1) is 12.8 Å². The highest BCUT2D eigenvalue weighted by atomic mass is 16.5. The highest BCUT2D eigenvalue weighted by Crippen LogP contribution is 2.11. The maximum atomic E-state index is 12.4. The van der Waals surface area contributed by atoms with Crippen molar-refractivity contribution in [3.05, 3.63) is 87.8 Å². The van der Waals surface area contributed by atoms with Crippen LogP contribution in [0.25, 0.3) is 5.69 Å². The summed E-state index contributed by atoms with van der Waals surface area (Å²) in [6.07, 6.45) is 0. The van der Waals surface area contributed by atoms with Crippen LogP contribution >= 0.6 is 0 Å². The predicted octanol–water partition coefficient (Wildman–Crippen LogP) is 1.71. The molecule has 8 nitrogen and oxygen atoms in total. The minimum Gasteiger partial charge on any atom is -0.497 e. The van der Waals surface area contributed by atoms with Gasteiger partial charge >= 0.3 is 0 Å². The van der Waals surface area contributed by atoms with E-state index in [4.69, 9.17) is 4.74 Å². The molecule has 30 heavy (non-hydrogen) atoms. The van der Waals surface area contributed by atoms with Crippen LogP contribution in [-0.2, 0) is 0 Å². The molecule has 0 spiro atoms. The van der Waals surface area contributed by atoms with Gasteiger partial charge in [0, 0.05) is 30.4 Å². The molecule has 1 heterocycles. The average Bonchev–Trinajstić information content (AvgIpc) is 2.77. The molecule has 0 radical (unpaired) electrons. The van der Waals surface area contributed by atoms with E-state index in [0.717, 1.165) is 5.69 Å². The van der Waals surface area contributed by atoms with Crippen LogP contribution in [0.2, 0.25) is 0 Å². The van der Waals surface area contributed by atoms with Gasteiger partial charge in [0.1, 0.15) is 5.75 Å². The first-order valence-corrected chi connectivity index (χ1v) is 9.36. The number of rotatable bonds is 7. The van der Waals surface area contributed by atoms with E-state index in [1.807, 2.05) is 30.3 Å². The Hall–Kier alpha value is -3.94. The number of methoxy groups -OCH3 is 1. The maximum Gasteiger partial charge on any atom is 0.275 e. The molecule has 0 saturated carbocycles. The van der Waals surface area contributed by atoms with E-state index in [0.29, 0.717) is 17.0 Å². The monoisotopic (exact) mass is 406 g/mol. The molecular formula is C22H22N4O4. The maximum absolute atomic E-state index is 12.4. The molecule has 0 aliphatic carbocycles. The van der Waals surface area contributed by atoms with Crippen molar-refractivity contribution in [3.63, 3.8) is 0 Å². The quantitative estimate of drug-likeness (QED) is 0.582. The summed E-state index contributed by atoms with van der Waals surface area (Å²) >= 11 is 0. The number of ether oxygens (including phenoxy) is 1. The number of carbonyl (C=O) groups is 2. The minimum absolute atomic E-state index is 0.154. The molecule has 0 aliphatic rings. The normalized spacial score (nSPS) is 10.3. The standard InChI is InChI=1S/C22H22N4O4/c1-15-14-19(27)20(25-26(15)17-6-4-3-5-7-17)22(29)24-13-12-23-21(28)16-8-10-18(30-2)11-9-16/h3-11,14H,12-13H2,1-2H3,(H,23,28)(H,24,29). The summed E-state index contributed by atoms with van der Waals surface area (Å²) < 4.78 is 6.60. The fourth-order valence-electron chi connectivity index (χ4n) is 2.82. The zero-order valence-corrected chi connectivity index (χ0v) is 16.7. The number of nitrogens with zero attached hydrogens (tertiary/aromatic N) is 2. The third kappa shape index (κ3) is 4.91. The second-order valence-electron chi connectivity index (χ2n) is 6.49. The van der Waals surface area contributed by atoms with Crippen LogP contribution in [0, 0.1) is 6.92 Å². The number of carbonyl (C=O) groups excluding carboxylic acids is 2. The Bertz CT molecular complexity index is 1090. The average molecular weight is 406 g/mol. The zero-order valence-electron chi connectivity index (χ0n) is 16.7. The summed E-state index contributed by atoms with van der Waals surface area (Å²) in [7, 11) is 1.55. The van der Waals surface area contributed by atoms with Crippen molar-refractivity contribution in [2.75, 3.05) is 20.2 Å². The third-order valence-electron chi connectivity index (χ3n) is 4.37. The van der Waals surface area contributed by atoms with E-state index >= 15 is 0 Å². The Morgan fingerprint density at radius 3 is 2.23 bits per heavy atom. The van der Waals surface area contributed by atoms with Crippen molar-refractivity contribution in [3.8, 4) is 11.4 Å². The molecule has 2 N–H and O–H groups in total. The van der Waals surface area contributed by atoms with Crippen LogP contribution in [0.1, 0.15) is 26.5 Å².